The molecule has 29 heavy (non-hydrogen) atoms. The molecular weight excluding hydrogens is 387 g/mol. The lowest BCUT2D eigenvalue weighted by Gasteiger charge is -2.14. The van der Waals surface area contributed by atoms with E-state index in [1.165, 1.54) is 22.9 Å². The summed E-state index contributed by atoms with van der Waals surface area (Å²) in [6.07, 6.45) is 1.67. The molecule has 0 unspecified atom stereocenters. The zero-order valence-corrected chi connectivity index (χ0v) is 15.6. The van der Waals surface area contributed by atoms with Crippen molar-refractivity contribution in [2.45, 2.75) is 13.3 Å². The second-order valence-corrected chi connectivity index (χ2v) is 6.12. The van der Waals surface area contributed by atoms with E-state index < -0.39 is 11.9 Å². The minimum Gasteiger partial charge on any atom is -0.406 e. The number of hydrogen-bond acceptors (Lipinski definition) is 5. The summed E-state index contributed by atoms with van der Waals surface area (Å²) in [4.78, 5) is 17.0. The van der Waals surface area contributed by atoms with Gasteiger partial charge in [-0.1, -0.05) is 0 Å². The Hall–Kier alpha value is -3.56. The molecule has 1 aromatic carbocycles. The Balaban J connectivity index is 2.14. The van der Waals surface area contributed by atoms with Crippen LogP contribution in [0.3, 0.4) is 0 Å². The van der Waals surface area contributed by atoms with Crippen LogP contribution in [0.4, 0.5) is 18.9 Å². The number of anilines is 1. The van der Waals surface area contributed by atoms with Crippen LogP contribution in [-0.2, 0) is 7.05 Å². The number of hydrogen-bond donors (Lipinski definition) is 1. The second kappa shape index (κ2) is 7.82. The Morgan fingerprint density at radius 3 is 2.48 bits per heavy atom. The fourth-order valence-corrected chi connectivity index (χ4v) is 2.76. The molecule has 0 amide bonds. The Kier molecular flexibility index (Phi) is 5.44. The lowest BCUT2D eigenvalue weighted by atomic mass is 10.0. The smallest absolute Gasteiger partial charge is 0.406 e. The molecule has 3 aromatic rings. The maximum absolute atomic E-state index is 12.8. The van der Waals surface area contributed by atoms with E-state index in [1.54, 1.807) is 30.3 Å². The van der Waals surface area contributed by atoms with E-state index in [0.717, 1.165) is 12.1 Å². The summed E-state index contributed by atoms with van der Waals surface area (Å²) < 4.78 is 43.8. The third-order valence-electron chi connectivity index (χ3n) is 4.06. The van der Waals surface area contributed by atoms with Crippen LogP contribution < -0.4 is 16.0 Å². The van der Waals surface area contributed by atoms with Gasteiger partial charge in [-0.3, -0.25) is 19.0 Å². The molecule has 3 rings (SSSR count). The van der Waals surface area contributed by atoms with E-state index in [-0.39, 0.29) is 11.4 Å². The van der Waals surface area contributed by atoms with E-state index in [1.807, 2.05) is 6.92 Å². The van der Waals surface area contributed by atoms with Gasteiger partial charge in [-0.25, -0.2) is 0 Å². The Labute approximate surface area is 163 Å². The van der Waals surface area contributed by atoms with Crippen molar-refractivity contribution >= 4 is 11.9 Å². The third kappa shape index (κ3) is 4.48. The number of nitrogens with two attached hydrogens (primary N) is 1. The van der Waals surface area contributed by atoms with Gasteiger partial charge in [-0.15, -0.1) is 13.2 Å². The number of pyridine rings is 1. The fraction of sp³-hybridized carbons (Fsp3) is 0.211. The number of aliphatic imine (C=N–C) groups is 1. The summed E-state index contributed by atoms with van der Waals surface area (Å²) in [5, 5.41) is 4.14. The standard InChI is InChI=1S/C19H18F3N5O2/c1-3-24-9-15-16(12-8-25-26(2)10-12)11-27(18(28)17(15)23)13-4-6-14(7-5-13)29-19(20,21)22/h4-11H,3,23H2,1-2H3. The third-order valence-corrected chi connectivity index (χ3v) is 4.06. The molecule has 10 heteroatoms. The number of rotatable bonds is 5. The first-order valence-electron chi connectivity index (χ1n) is 8.59. The van der Waals surface area contributed by atoms with Crippen molar-refractivity contribution in [3.8, 4) is 22.6 Å². The van der Waals surface area contributed by atoms with Crippen LogP contribution in [-0.4, -0.2) is 33.5 Å². The van der Waals surface area contributed by atoms with Crippen LogP contribution in [0.5, 0.6) is 5.75 Å². The van der Waals surface area contributed by atoms with Gasteiger partial charge >= 0.3 is 6.36 Å². The number of alkyl halides is 3. The molecule has 7 nitrogen and oxygen atoms in total. The van der Waals surface area contributed by atoms with Gasteiger partial charge < -0.3 is 10.5 Å². The molecule has 0 saturated heterocycles. The summed E-state index contributed by atoms with van der Waals surface area (Å²) >= 11 is 0. The Bertz CT molecular complexity index is 1100. The van der Waals surface area contributed by atoms with Gasteiger partial charge in [0.1, 0.15) is 11.4 Å². The average Bonchev–Trinajstić information content (AvgIpc) is 3.08. The summed E-state index contributed by atoms with van der Waals surface area (Å²) in [6, 6.07) is 4.94. The maximum Gasteiger partial charge on any atom is 0.573 e. The number of nitrogen functional groups attached to an aromatic ring is 1. The van der Waals surface area contributed by atoms with Crippen LogP contribution in [0.15, 0.2) is 52.6 Å². The van der Waals surface area contributed by atoms with Gasteiger partial charge in [0.2, 0.25) is 0 Å². The summed E-state index contributed by atoms with van der Waals surface area (Å²) in [5.74, 6) is -0.388. The highest BCUT2D eigenvalue weighted by molar-refractivity contribution is 5.95. The second-order valence-electron chi connectivity index (χ2n) is 6.12. The van der Waals surface area contributed by atoms with Crippen LogP contribution in [0.1, 0.15) is 12.5 Å². The molecule has 0 fully saturated rings. The van der Waals surface area contributed by atoms with Crippen molar-refractivity contribution in [1.29, 1.82) is 0 Å². The maximum atomic E-state index is 12.8. The Morgan fingerprint density at radius 2 is 1.93 bits per heavy atom. The quantitative estimate of drug-likeness (QED) is 0.661. The lowest BCUT2D eigenvalue weighted by Crippen LogP contribution is -2.23. The first-order valence-corrected chi connectivity index (χ1v) is 8.59. The molecular formula is C19H18F3N5O2. The highest BCUT2D eigenvalue weighted by Crippen LogP contribution is 2.27. The van der Waals surface area contributed by atoms with Gasteiger partial charge in [-0.2, -0.15) is 5.10 Å². The molecule has 2 aromatic heterocycles. The molecule has 0 saturated carbocycles. The van der Waals surface area contributed by atoms with Gasteiger partial charge in [-0.05, 0) is 31.2 Å². The molecule has 2 heterocycles. The summed E-state index contributed by atoms with van der Waals surface area (Å²) in [5.41, 5.74) is 7.67. The van der Waals surface area contributed by atoms with Crippen molar-refractivity contribution < 1.29 is 17.9 Å². The zero-order chi connectivity index (χ0) is 21.2. The highest BCUT2D eigenvalue weighted by Gasteiger charge is 2.31. The highest BCUT2D eigenvalue weighted by atomic mass is 19.4. The van der Waals surface area contributed by atoms with E-state index in [4.69, 9.17) is 5.73 Å². The van der Waals surface area contributed by atoms with Crippen molar-refractivity contribution in [2.75, 3.05) is 12.3 Å². The molecule has 0 radical (unpaired) electrons. The minimum absolute atomic E-state index is 0.0285. The van der Waals surface area contributed by atoms with E-state index >= 15 is 0 Å². The van der Waals surface area contributed by atoms with Gasteiger partial charge in [0, 0.05) is 54.6 Å². The molecule has 0 bridgehead atoms. The molecule has 0 aliphatic carbocycles. The Morgan fingerprint density at radius 1 is 1.24 bits per heavy atom. The molecule has 0 aliphatic rings. The topological polar surface area (TPSA) is 87.4 Å². The van der Waals surface area contributed by atoms with Crippen molar-refractivity contribution in [3.05, 3.63) is 58.8 Å². The minimum atomic E-state index is -4.80. The van der Waals surface area contributed by atoms with Crippen LogP contribution in [0, 0.1) is 0 Å². The number of aromatic nitrogens is 3. The number of halogens is 3. The van der Waals surface area contributed by atoms with Crippen LogP contribution in [0.25, 0.3) is 16.8 Å². The van der Waals surface area contributed by atoms with E-state index in [0.29, 0.717) is 28.9 Å². The number of aryl methyl sites for hydroxylation is 1. The van der Waals surface area contributed by atoms with Gasteiger partial charge in [0.15, 0.2) is 0 Å². The first kappa shape index (κ1) is 20.2. The fourth-order valence-electron chi connectivity index (χ4n) is 2.76. The largest absolute Gasteiger partial charge is 0.573 e. The van der Waals surface area contributed by atoms with E-state index in [9.17, 15) is 18.0 Å². The molecule has 0 spiro atoms. The number of nitrogens with zero attached hydrogens (tertiary/aromatic N) is 4. The van der Waals surface area contributed by atoms with Crippen molar-refractivity contribution in [2.24, 2.45) is 12.0 Å². The van der Waals surface area contributed by atoms with Crippen LogP contribution in [0.2, 0.25) is 0 Å². The lowest BCUT2D eigenvalue weighted by molar-refractivity contribution is -0.274. The monoisotopic (exact) mass is 405 g/mol. The van der Waals surface area contributed by atoms with Gasteiger partial charge in [0.05, 0.1) is 6.20 Å². The number of ether oxygens (including phenoxy) is 1. The molecule has 0 aliphatic heterocycles. The molecule has 152 valence electrons. The molecule has 0 atom stereocenters. The first-order chi connectivity index (χ1) is 13.7. The summed E-state index contributed by atoms with van der Waals surface area (Å²) in [6.45, 7) is 2.36. The van der Waals surface area contributed by atoms with Crippen molar-refractivity contribution in [3.63, 3.8) is 0 Å². The van der Waals surface area contributed by atoms with E-state index in [2.05, 4.69) is 14.8 Å². The molecule has 2 N–H and O–H groups in total. The average molecular weight is 405 g/mol. The van der Waals surface area contributed by atoms with Crippen molar-refractivity contribution in [1.82, 2.24) is 14.3 Å². The summed E-state index contributed by atoms with van der Waals surface area (Å²) in [7, 11) is 1.75. The normalized spacial score (nSPS) is 11.9. The SMILES string of the molecule is CCN=Cc1c(-c2cnn(C)c2)cn(-c2ccc(OC(F)(F)F)cc2)c(=O)c1N. The predicted molar refractivity (Wildman–Crippen MR) is 103 cm³/mol. The number of benzene rings is 1. The predicted octanol–water partition coefficient (Wildman–Crippen LogP) is 3.16. The van der Waals surface area contributed by atoms with Crippen LogP contribution >= 0.6 is 0 Å². The van der Waals surface area contributed by atoms with Gasteiger partial charge in [0.25, 0.3) is 5.56 Å². The zero-order valence-electron chi connectivity index (χ0n) is 15.6.